The second-order valence-corrected chi connectivity index (χ2v) is 6.33. The topological polar surface area (TPSA) is 71.3 Å². The Morgan fingerprint density at radius 3 is 2.56 bits per heavy atom. The van der Waals surface area contributed by atoms with Crippen molar-refractivity contribution >= 4 is 12.0 Å². The molecule has 2 N–H and O–H groups in total. The molecule has 0 fully saturated rings. The monoisotopic (exact) mass is 370 g/mol. The Kier molecular flexibility index (Phi) is 8.29. The number of carbonyl (C=O) groups is 2. The van der Waals surface area contributed by atoms with Crippen LogP contribution in [0.3, 0.4) is 0 Å². The van der Waals surface area contributed by atoms with Gasteiger partial charge in [-0.05, 0) is 5.56 Å². The molecule has 0 aliphatic carbocycles. The fraction of sp³-hybridized carbons (Fsp3) is 0.381. The van der Waals surface area contributed by atoms with E-state index in [4.69, 9.17) is 4.74 Å². The lowest BCUT2D eigenvalue weighted by Crippen LogP contribution is -2.48. The highest BCUT2D eigenvalue weighted by molar-refractivity contribution is 5.83. The molecule has 0 unspecified atom stereocenters. The normalized spacial score (nSPS) is 11.5. The molecule has 1 aromatic heterocycles. The highest BCUT2D eigenvalue weighted by Gasteiger charge is 2.22. The second-order valence-electron chi connectivity index (χ2n) is 6.33. The maximum absolute atomic E-state index is 12.3. The first-order valence-electron chi connectivity index (χ1n) is 9.27. The summed E-state index contributed by atoms with van der Waals surface area (Å²) in [5.41, 5.74) is 1.97. The van der Waals surface area contributed by atoms with Gasteiger partial charge >= 0.3 is 12.0 Å². The third-order valence-electron chi connectivity index (χ3n) is 4.29. The molecular formula is C21H28N3O3+. The van der Waals surface area contributed by atoms with Gasteiger partial charge in [0.25, 0.3) is 0 Å². The van der Waals surface area contributed by atoms with Gasteiger partial charge in [0.2, 0.25) is 5.69 Å². The number of ether oxygens (including phenoxy) is 1. The number of hydrogen-bond acceptors (Lipinski definition) is 3. The van der Waals surface area contributed by atoms with E-state index < -0.39 is 18.0 Å². The fourth-order valence-corrected chi connectivity index (χ4v) is 2.78. The minimum Gasteiger partial charge on any atom is -0.467 e. The van der Waals surface area contributed by atoms with E-state index in [0.29, 0.717) is 13.0 Å². The van der Waals surface area contributed by atoms with Crippen LogP contribution in [0.2, 0.25) is 0 Å². The number of esters is 1. The lowest BCUT2D eigenvalue weighted by atomic mass is 10.1. The average molecular weight is 370 g/mol. The van der Waals surface area contributed by atoms with Crippen LogP contribution in [0.15, 0.2) is 54.7 Å². The summed E-state index contributed by atoms with van der Waals surface area (Å²) in [5, 5.41) is 5.55. The van der Waals surface area contributed by atoms with Crippen molar-refractivity contribution in [2.45, 2.75) is 45.3 Å². The minimum atomic E-state index is -0.736. The van der Waals surface area contributed by atoms with Crippen LogP contribution >= 0.6 is 0 Å². The Labute approximate surface area is 160 Å². The van der Waals surface area contributed by atoms with Crippen molar-refractivity contribution in [1.29, 1.82) is 0 Å². The molecule has 1 aromatic carbocycles. The Morgan fingerprint density at radius 1 is 1.11 bits per heavy atom. The first-order chi connectivity index (χ1) is 13.1. The highest BCUT2D eigenvalue weighted by atomic mass is 16.5. The number of amides is 2. The predicted octanol–water partition coefficient (Wildman–Crippen LogP) is 2.36. The largest absolute Gasteiger partial charge is 0.467 e. The maximum atomic E-state index is 12.3. The standard InChI is InChI=1S/C21H27N3O3/c1-3-4-13-24-14-9-8-12-18(24)16-22-21(26)23-19(20(25)27-2)15-17-10-6-5-7-11-17/h5-12,14,19H,3-4,13,15-16H2,1-2H3,(H-,22,23,26)/p+1/t19-/m0/s1. The van der Waals surface area contributed by atoms with Crippen molar-refractivity contribution in [2.24, 2.45) is 0 Å². The summed E-state index contributed by atoms with van der Waals surface area (Å²) in [5.74, 6) is -0.466. The first kappa shape index (κ1) is 20.4. The number of pyridine rings is 1. The summed E-state index contributed by atoms with van der Waals surface area (Å²) in [7, 11) is 1.32. The first-order valence-corrected chi connectivity index (χ1v) is 9.27. The van der Waals surface area contributed by atoms with Gasteiger partial charge in [0.05, 0.1) is 7.11 Å². The summed E-state index contributed by atoms with van der Waals surface area (Å²) in [6.45, 7) is 3.44. The number of hydrogen-bond donors (Lipinski definition) is 2. The van der Waals surface area contributed by atoms with E-state index in [0.717, 1.165) is 30.6 Å². The molecule has 6 nitrogen and oxygen atoms in total. The van der Waals surface area contributed by atoms with Gasteiger partial charge in [-0.3, -0.25) is 0 Å². The van der Waals surface area contributed by atoms with Crippen LogP contribution in [0.5, 0.6) is 0 Å². The van der Waals surface area contributed by atoms with Gasteiger partial charge < -0.3 is 15.4 Å². The molecule has 1 atom stereocenters. The Bertz CT molecular complexity index is 734. The van der Waals surface area contributed by atoms with Gasteiger partial charge in [-0.1, -0.05) is 49.7 Å². The number of nitrogens with zero attached hydrogens (tertiary/aromatic N) is 1. The number of nitrogens with one attached hydrogen (secondary N) is 2. The van der Waals surface area contributed by atoms with Gasteiger partial charge in [0, 0.05) is 25.0 Å². The minimum absolute atomic E-state index is 0.378. The molecule has 2 rings (SSSR count). The maximum Gasteiger partial charge on any atom is 0.328 e. The van der Waals surface area contributed by atoms with Gasteiger partial charge in [0.1, 0.15) is 19.1 Å². The summed E-state index contributed by atoms with van der Waals surface area (Å²) in [6, 6.07) is 14.3. The SMILES string of the molecule is CCCC[n+]1ccccc1CNC(=O)N[C@@H](Cc1ccccc1)C(=O)OC. The van der Waals surface area contributed by atoms with Crippen molar-refractivity contribution in [3.05, 3.63) is 66.0 Å². The number of rotatable bonds is 9. The van der Waals surface area contributed by atoms with Gasteiger partial charge in [0.15, 0.2) is 6.20 Å². The van der Waals surface area contributed by atoms with Crippen LogP contribution < -0.4 is 15.2 Å². The molecule has 2 aromatic rings. The van der Waals surface area contributed by atoms with E-state index in [1.54, 1.807) is 0 Å². The van der Waals surface area contributed by atoms with Crippen molar-refractivity contribution in [3.63, 3.8) is 0 Å². The summed E-state index contributed by atoms with van der Waals surface area (Å²) in [6.07, 6.45) is 4.57. The third-order valence-corrected chi connectivity index (χ3v) is 4.29. The molecule has 2 amide bonds. The van der Waals surface area contributed by atoms with Crippen molar-refractivity contribution in [1.82, 2.24) is 10.6 Å². The van der Waals surface area contributed by atoms with E-state index in [1.807, 2.05) is 54.7 Å². The zero-order valence-electron chi connectivity index (χ0n) is 16.0. The highest BCUT2D eigenvalue weighted by Crippen LogP contribution is 2.04. The Morgan fingerprint density at radius 2 is 1.85 bits per heavy atom. The number of carbonyl (C=O) groups excluding carboxylic acids is 2. The Hall–Kier alpha value is -2.89. The van der Waals surface area contributed by atoms with E-state index >= 15 is 0 Å². The number of aryl methyl sites for hydroxylation is 1. The van der Waals surface area contributed by atoms with E-state index in [2.05, 4.69) is 22.1 Å². The van der Waals surface area contributed by atoms with Gasteiger partial charge in [-0.25, -0.2) is 14.2 Å². The van der Waals surface area contributed by atoms with E-state index in [9.17, 15) is 9.59 Å². The van der Waals surface area contributed by atoms with Gasteiger partial charge in [-0.2, -0.15) is 0 Å². The van der Waals surface area contributed by atoms with Crippen LogP contribution in [0.1, 0.15) is 31.0 Å². The van der Waals surface area contributed by atoms with Crippen molar-refractivity contribution in [2.75, 3.05) is 7.11 Å². The third kappa shape index (κ3) is 6.73. The molecule has 6 heteroatoms. The van der Waals surface area contributed by atoms with Gasteiger partial charge in [-0.15, -0.1) is 0 Å². The second kappa shape index (κ2) is 11.0. The number of urea groups is 1. The summed E-state index contributed by atoms with van der Waals surface area (Å²) < 4.78 is 6.96. The van der Waals surface area contributed by atoms with Crippen LogP contribution in [-0.2, 0) is 29.0 Å². The molecular weight excluding hydrogens is 342 g/mol. The lowest BCUT2D eigenvalue weighted by molar-refractivity contribution is -0.704. The fourth-order valence-electron chi connectivity index (χ4n) is 2.78. The number of aromatic nitrogens is 1. The quantitative estimate of drug-likeness (QED) is 0.526. The van der Waals surface area contributed by atoms with Crippen molar-refractivity contribution < 1.29 is 18.9 Å². The van der Waals surface area contributed by atoms with Crippen molar-refractivity contribution in [3.8, 4) is 0 Å². The molecule has 0 saturated carbocycles. The molecule has 1 heterocycles. The molecule has 0 spiro atoms. The molecule has 27 heavy (non-hydrogen) atoms. The number of benzene rings is 1. The predicted molar refractivity (Wildman–Crippen MR) is 103 cm³/mol. The van der Waals surface area contributed by atoms with Crippen LogP contribution in [-0.4, -0.2) is 25.2 Å². The van der Waals surface area contributed by atoms with Crippen LogP contribution in [0.25, 0.3) is 0 Å². The zero-order valence-corrected chi connectivity index (χ0v) is 16.0. The summed E-state index contributed by atoms with van der Waals surface area (Å²) >= 11 is 0. The smallest absolute Gasteiger partial charge is 0.328 e. The van der Waals surface area contributed by atoms with Crippen LogP contribution in [0.4, 0.5) is 4.79 Å². The molecule has 0 aliphatic heterocycles. The molecule has 144 valence electrons. The zero-order chi connectivity index (χ0) is 19.5. The Balaban J connectivity index is 1.95. The van der Waals surface area contributed by atoms with E-state index in [1.165, 1.54) is 7.11 Å². The molecule has 0 bridgehead atoms. The molecule has 0 radical (unpaired) electrons. The molecule has 0 aliphatic rings. The molecule has 0 saturated heterocycles. The summed E-state index contributed by atoms with van der Waals surface area (Å²) in [4.78, 5) is 24.4. The number of methoxy groups -OCH3 is 1. The lowest BCUT2D eigenvalue weighted by Gasteiger charge is -2.17. The van der Waals surface area contributed by atoms with Crippen LogP contribution in [0, 0.1) is 0 Å². The number of unbranched alkanes of at least 4 members (excludes halogenated alkanes) is 1. The average Bonchev–Trinajstić information content (AvgIpc) is 2.71. The van der Waals surface area contributed by atoms with E-state index in [-0.39, 0.29) is 0 Å².